The molecule has 0 saturated heterocycles. The Morgan fingerprint density at radius 3 is 2.00 bits per heavy atom. The minimum atomic E-state index is -5.26. The van der Waals surface area contributed by atoms with Crippen LogP contribution < -0.4 is 33.3 Å². The molecule has 3 rings (SSSR count). The van der Waals surface area contributed by atoms with Gasteiger partial charge in [-0.1, -0.05) is 12.1 Å². The Kier molecular flexibility index (Phi) is 6.07. The Morgan fingerprint density at radius 2 is 1.48 bits per heavy atom. The summed E-state index contributed by atoms with van der Waals surface area (Å²) in [5, 5.41) is 0. The minimum Gasteiger partial charge on any atom is -0.780 e. The smallest absolute Gasteiger partial charge is 0.203 e. The van der Waals surface area contributed by atoms with Crippen LogP contribution in [0.3, 0.4) is 0 Å². The van der Waals surface area contributed by atoms with Gasteiger partial charge in [0, 0.05) is 5.56 Å². The van der Waals surface area contributed by atoms with Crippen LogP contribution in [-0.2, 0) is 11.0 Å². The van der Waals surface area contributed by atoms with E-state index in [1.807, 2.05) is 6.08 Å². The third kappa shape index (κ3) is 4.19. The van der Waals surface area contributed by atoms with Crippen molar-refractivity contribution in [3.8, 4) is 28.7 Å². The summed E-state index contributed by atoms with van der Waals surface area (Å²) in [5.41, 5.74) is 2.92. The molecule has 0 saturated carbocycles. The highest BCUT2D eigenvalue weighted by atomic mass is 31.2. The molecule has 0 atom stereocenters. The van der Waals surface area contributed by atoms with Gasteiger partial charge in [-0.2, -0.15) is 0 Å². The Labute approximate surface area is 168 Å². The van der Waals surface area contributed by atoms with Gasteiger partial charge in [-0.3, -0.25) is 0 Å². The maximum Gasteiger partial charge on any atom is 0.203 e. The number of methoxy groups -OCH3 is 4. The molecule has 0 heterocycles. The summed E-state index contributed by atoms with van der Waals surface area (Å²) >= 11 is 0. The molecule has 0 spiro atoms. The Hall–Kier alpha value is -2.67. The molecule has 0 bridgehead atoms. The molecule has 156 valence electrons. The van der Waals surface area contributed by atoms with Crippen LogP contribution in [0.25, 0.3) is 5.57 Å². The van der Waals surface area contributed by atoms with Gasteiger partial charge in [0.1, 0.15) is 7.82 Å². The van der Waals surface area contributed by atoms with Crippen LogP contribution >= 0.6 is 7.82 Å². The van der Waals surface area contributed by atoms with Gasteiger partial charge in [0.15, 0.2) is 23.0 Å². The number of phosphoric ester groups is 1. The number of phosphoric acid groups is 1. The first-order chi connectivity index (χ1) is 13.8. The minimum absolute atomic E-state index is 0.0728. The summed E-state index contributed by atoms with van der Waals surface area (Å²) in [6.45, 7) is 0. The molecule has 0 fully saturated rings. The first-order valence-corrected chi connectivity index (χ1v) is 10.2. The second kappa shape index (κ2) is 8.37. The van der Waals surface area contributed by atoms with Gasteiger partial charge in [-0.05, 0) is 47.7 Å². The third-order valence-electron chi connectivity index (χ3n) is 4.66. The Morgan fingerprint density at radius 1 is 0.862 bits per heavy atom. The zero-order valence-corrected chi connectivity index (χ0v) is 17.4. The van der Waals surface area contributed by atoms with E-state index in [9.17, 15) is 14.4 Å². The number of ether oxygens (including phenoxy) is 4. The molecule has 2 aromatic rings. The molecule has 0 unspecified atom stereocenters. The first kappa shape index (κ1) is 21.0. The van der Waals surface area contributed by atoms with Crippen molar-refractivity contribution >= 4 is 13.4 Å². The molecular formula is C20H21O8P-2. The van der Waals surface area contributed by atoms with Crippen LogP contribution in [0.1, 0.15) is 23.1 Å². The van der Waals surface area contributed by atoms with Crippen LogP contribution in [0.15, 0.2) is 30.3 Å². The summed E-state index contributed by atoms with van der Waals surface area (Å²) < 4.78 is 37.5. The SMILES string of the molecule is COc1cc(C2=CCCc3c2ccc(OC)c3OP(=O)([O-])[O-])cc(OC)c1OC. The van der Waals surface area contributed by atoms with E-state index in [0.717, 1.165) is 16.7 Å². The van der Waals surface area contributed by atoms with Gasteiger partial charge in [0.25, 0.3) is 0 Å². The van der Waals surface area contributed by atoms with E-state index in [2.05, 4.69) is 0 Å². The predicted molar refractivity (Wildman–Crippen MR) is 103 cm³/mol. The number of rotatable bonds is 7. The van der Waals surface area contributed by atoms with Gasteiger partial charge < -0.3 is 37.8 Å². The van der Waals surface area contributed by atoms with Crippen LogP contribution in [0.4, 0.5) is 0 Å². The van der Waals surface area contributed by atoms with Gasteiger partial charge in [0.2, 0.25) is 5.75 Å². The number of hydrogen-bond donors (Lipinski definition) is 0. The first-order valence-electron chi connectivity index (χ1n) is 8.75. The highest BCUT2D eigenvalue weighted by molar-refractivity contribution is 7.43. The lowest BCUT2D eigenvalue weighted by molar-refractivity contribution is -0.333. The fraction of sp³-hybridized carbons (Fsp3) is 0.300. The molecule has 2 aromatic carbocycles. The van der Waals surface area contributed by atoms with Crippen LogP contribution in [0.5, 0.6) is 28.7 Å². The van der Waals surface area contributed by atoms with E-state index in [1.54, 1.807) is 24.3 Å². The molecular weight excluding hydrogens is 399 g/mol. The summed E-state index contributed by atoms with van der Waals surface area (Å²) in [7, 11) is 0.706. The average Bonchev–Trinajstić information content (AvgIpc) is 2.71. The highest BCUT2D eigenvalue weighted by Gasteiger charge is 2.24. The lowest BCUT2D eigenvalue weighted by Gasteiger charge is -2.32. The topological polar surface area (TPSA) is 109 Å². The second-order valence-electron chi connectivity index (χ2n) is 6.23. The van der Waals surface area contributed by atoms with Gasteiger partial charge >= 0.3 is 0 Å². The lowest BCUT2D eigenvalue weighted by Crippen LogP contribution is -2.20. The average molecular weight is 420 g/mol. The van der Waals surface area contributed by atoms with E-state index in [0.29, 0.717) is 35.7 Å². The molecule has 29 heavy (non-hydrogen) atoms. The lowest BCUT2D eigenvalue weighted by atomic mass is 9.86. The normalized spacial score (nSPS) is 13.2. The van der Waals surface area contributed by atoms with Crippen LogP contribution in [-0.4, -0.2) is 28.4 Å². The van der Waals surface area contributed by atoms with E-state index < -0.39 is 7.82 Å². The molecule has 0 aromatic heterocycles. The van der Waals surface area contributed by atoms with E-state index >= 15 is 0 Å². The van der Waals surface area contributed by atoms with E-state index in [1.165, 1.54) is 28.4 Å². The monoisotopic (exact) mass is 420 g/mol. The van der Waals surface area contributed by atoms with Crippen molar-refractivity contribution in [2.75, 3.05) is 28.4 Å². The molecule has 0 amide bonds. The van der Waals surface area contributed by atoms with E-state index in [4.69, 9.17) is 23.5 Å². The van der Waals surface area contributed by atoms with Crippen molar-refractivity contribution < 1.29 is 37.8 Å². The summed E-state index contributed by atoms with van der Waals surface area (Å²) in [6.07, 6.45) is 3.13. The van der Waals surface area contributed by atoms with Gasteiger partial charge in [0.05, 0.1) is 28.4 Å². The summed E-state index contributed by atoms with van der Waals surface area (Å²) in [5.74, 6) is 1.55. The number of benzene rings is 2. The molecule has 0 aliphatic heterocycles. The van der Waals surface area contributed by atoms with Crippen molar-refractivity contribution in [2.45, 2.75) is 12.8 Å². The third-order valence-corrected chi connectivity index (χ3v) is 5.06. The largest absolute Gasteiger partial charge is 0.780 e. The van der Waals surface area contributed by atoms with Crippen LogP contribution in [0, 0.1) is 0 Å². The van der Waals surface area contributed by atoms with Crippen molar-refractivity contribution in [2.24, 2.45) is 0 Å². The molecule has 0 N–H and O–H groups in total. The maximum absolute atomic E-state index is 11.3. The van der Waals surface area contributed by atoms with E-state index in [-0.39, 0.29) is 11.5 Å². The zero-order chi connectivity index (χ0) is 21.2. The van der Waals surface area contributed by atoms with Gasteiger partial charge in [-0.25, -0.2) is 0 Å². The second-order valence-corrected chi connectivity index (χ2v) is 7.31. The Balaban J connectivity index is 2.18. The van der Waals surface area contributed by atoms with Crippen molar-refractivity contribution in [1.82, 2.24) is 0 Å². The molecule has 1 aliphatic rings. The number of allylic oxidation sites excluding steroid dienone is 1. The summed E-state index contributed by atoms with van der Waals surface area (Å²) in [4.78, 5) is 22.6. The zero-order valence-electron chi connectivity index (χ0n) is 16.5. The molecule has 8 nitrogen and oxygen atoms in total. The fourth-order valence-corrected chi connectivity index (χ4v) is 3.88. The standard InChI is InChI=1S/C20H23O8P/c1-24-16-9-8-14-13(6-5-7-15(14)19(16)28-29(21,22)23)12-10-17(25-2)20(27-4)18(11-12)26-3/h6,8-11H,5,7H2,1-4H3,(H2,21,22,23)/p-2. The molecule has 9 heteroatoms. The van der Waals surface area contributed by atoms with Crippen LogP contribution in [0.2, 0.25) is 0 Å². The van der Waals surface area contributed by atoms with Gasteiger partial charge in [-0.15, -0.1) is 0 Å². The molecule has 1 aliphatic carbocycles. The highest BCUT2D eigenvalue weighted by Crippen LogP contribution is 2.47. The fourth-order valence-electron chi connectivity index (χ4n) is 3.46. The summed E-state index contributed by atoms with van der Waals surface area (Å²) in [6, 6.07) is 6.98. The van der Waals surface area contributed by atoms with Crippen molar-refractivity contribution in [3.63, 3.8) is 0 Å². The number of fused-ring (bicyclic) bond motifs is 1. The predicted octanol–water partition coefficient (Wildman–Crippen LogP) is 2.31. The molecule has 0 radical (unpaired) electrons. The Bertz CT molecular complexity index is 967. The van der Waals surface area contributed by atoms with Crippen molar-refractivity contribution in [3.05, 3.63) is 47.0 Å². The number of hydrogen-bond acceptors (Lipinski definition) is 8. The van der Waals surface area contributed by atoms with Crippen molar-refractivity contribution in [1.29, 1.82) is 0 Å². The quantitative estimate of drug-likeness (QED) is 0.628. The maximum atomic E-state index is 11.3.